The highest BCUT2D eigenvalue weighted by atomic mass is 16.5. The minimum atomic E-state index is 0.633. The zero-order valence-electron chi connectivity index (χ0n) is 32.7. The molecular formula is C56H32N4O. The highest BCUT2D eigenvalue weighted by Crippen LogP contribution is 2.46. The van der Waals surface area contributed by atoms with Crippen LogP contribution in [0.2, 0.25) is 0 Å². The van der Waals surface area contributed by atoms with Gasteiger partial charge in [-0.05, 0) is 116 Å². The first-order chi connectivity index (χ1) is 30.2. The van der Waals surface area contributed by atoms with E-state index in [1.807, 2.05) is 30.3 Å². The number of aromatic nitrogens is 4. The van der Waals surface area contributed by atoms with Crippen LogP contribution in [-0.2, 0) is 0 Å². The maximum atomic E-state index is 6.33. The molecule has 0 bridgehead atoms. The van der Waals surface area contributed by atoms with E-state index in [9.17, 15) is 0 Å². The standard InChI is InChI=1S/C56H32N4O/c1-2-12-36-30-51-46(28-35(36)11-1)45-29-37(24-27-49(45)59(51)39-25-22-34-21-20-33-10-3-4-13-40(33)44(34)32-39)38-23-26-42-41-14-5-7-17-48(41)60(50(42)31-38)56-57-47-16-9-19-53-54(47)55(58-56)43-15-6-8-18-52(43)61-53/h1-32H. The smallest absolute Gasteiger partial charge is 0.235 e. The van der Waals surface area contributed by atoms with Crippen LogP contribution in [0.4, 0.5) is 0 Å². The lowest BCUT2D eigenvalue weighted by molar-refractivity contribution is 0.486. The number of rotatable bonds is 3. The van der Waals surface area contributed by atoms with E-state index >= 15 is 0 Å². The summed E-state index contributed by atoms with van der Waals surface area (Å²) < 4.78 is 11.0. The molecule has 0 radical (unpaired) electrons. The third-order valence-corrected chi connectivity index (χ3v) is 12.9. The molecule has 282 valence electrons. The molecule has 1 aliphatic rings. The second kappa shape index (κ2) is 12.1. The molecule has 0 N–H and O–H groups in total. The molecule has 4 heterocycles. The lowest BCUT2D eigenvalue weighted by atomic mass is 10.0. The summed E-state index contributed by atoms with van der Waals surface area (Å²) in [6.07, 6.45) is 0. The maximum absolute atomic E-state index is 6.33. The molecule has 0 atom stereocenters. The van der Waals surface area contributed by atoms with Gasteiger partial charge >= 0.3 is 0 Å². The molecule has 13 aromatic rings. The Morgan fingerprint density at radius 3 is 1.93 bits per heavy atom. The Bertz CT molecular complexity index is 4040. The van der Waals surface area contributed by atoms with Gasteiger partial charge in [-0.3, -0.25) is 4.57 Å². The molecule has 0 aliphatic carbocycles. The van der Waals surface area contributed by atoms with Gasteiger partial charge in [0.05, 0.1) is 38.7 Å². The predicted molar refractivity (Wildman–Crippen MR) is 252 cm³/mol. The molecular weight excluding hydrogens is 745 g/mol. The Balaban J connectivity index is 0.999. The molecule has 14 rings (SSSR count). The largest absolute Gasteiger partial charge is 0.456 e. The van der Waals surface area contributed by atoms with E-state index in [4.69, 9.17) is 14.7 Å². The molecule has 61 heavy (non-hydrogen) atoms. The van der Waals surface area contributed by atoms with Gasteiger partial charge in [-0.25, -0.2) is 9.97 Å². The highest BCUT2D eigenvalue weighted by molar-refractivity contribution is 6.16. The summed E-state index contributed by atoms with van der Waals surface area (Å²) in [5.41, 5.74) is 10.6. The Morgan fingerprint density at radius 1 is 0.361 bits per heavy atom. The Labute approximate surface area is 348 Å². The summed E-state index contributed by atoms with van der Waals surface area (Å²) in [4.78, 5) is 10.6. The SMILES string of the molecule is c1ccc2c(c1)Oc1cccc3nc(-n4c5ccccc5c5ccc(-c6ccc7c(c6)c6cc8ccccc8cc6n7-c6ccc7ccc8ccccc8c7c6)cc54)nc-2c13. The van der Waals surface area contributed by atoms with Gasteiger partial charge in [-0.1, -0.05) is 121 Å². The number of hydrogen-bond donors (Lipinski definition) is 0. The third kappa shape index (κ3) is 4.66. The molecule has 10 aromatic carbocycles. The first-order valence-electron chi connectivity index (χ1n) is 20.7. The molecule has 5 heteroatoms. The van der Waals surface area contributed by atoms with Crippen LogP contribution in [0.5, 0.6) is 11.5 Å². The summed E-state index contributed by atoms with van der Waals surface area (Å²) >= 11 is 0. The zero-order chi connectivity index (χ0) is 39.8. The van der Waals surface area contributed by atoms with E-state index in [1.165, 1.54) is 54.1 Å². The van der Waals surface area contributed by atoms with E-state index in [0.717, 1.165) is 72.3 Å². The molecule has 0 amide bonds. The van der Waals surface area contributed by atoms with E-state index in [0.29, 0.717) is 5.95 Å². The monoisotopic (exact) mass is 776 g/mol. The molecule has 5 nitrogen and oxygen atoms in total. The van der Waals surface area contributed by atoms with Crippen molar-refractivity contribution in [2.45, 2.75) is 0 Å². The zero-order valence-corrected chi connectivity index (χ0v) is 32.7. The maximum Gasteiger partial charge on any atom is 0.235 e. The number of nitrogens with zero attached hydrogens (tertiary/aromatic N) is 4. The van der Waals surface area contributed by atoms with Crippen molar-refractivity contribution in [2.24, 2.45) is 0 Å². The van der Waals surface area contributed by atoms with Crippen molar-refractivity contribution in [1.82, 2.24) is 19.1 Å². The van der Waals surface area contributed by atoms with Crippen LogP contribution in [0, 0.1) is 0 Å². The van der Waals surface area contributed by atoms with Gasteiger partial charge in [0, 0.05) is 32.8 Å². The molecule has 0 unspecified atom stereocenters. The van der Waals surface area contributed by atoms with Crippen LogP contribution in [0.3, 0.4) is 0 Å². The van der Waals surface area contributed by atoms with Crippen LogP contribution in [-0.4, -0.2) is 19.1 Å². The van der Waals surface area contributed by atoms with Crippen molar-refractivity contribution >= 4 is 86.8 Å². The molecule has 0 fully saturated rings. The number of benzene rings is 10. The van der Waals surface area contributed by atoms with Crippen LogP contribution in [0.1, 0.15) is 0 Å². The fourth-order valence-corrected chi connectivity index (χ4v) is 10.0. The van der Waals surface area contributed by atoms with E-state index in [1.54, 1.807) is 0 Å². The van der Waals surface area contributed by atoms with Crippen LogP contribution >= 0.6 is 0 Å². The Kier molecular flexibility index (Phi) is 6.49. The van der Waals surface area contributed by atoms with Gasteiger partial charge in [0.2, 0.25) is 5.95 Å². The normalized spacial score (nSPS) is 12.4. The molecule has 3 aromatic heterocycles. The van der Waals surface area contributed by atoms with Crippen LogP contribution in [0.15, 0.2) is 194 Å². The Hall–Kier alpha value is -8.28. The topological polar surface area (TPSA) is 44.9 Å². The highest BCUT2D eigenvalue weighted by Gasteiger charge is 2.25. The second-order valence-corrected chi connectivity index (χ2v) is 16.2. The van der Waals surface area contributed by atoms with Crippen molar-refractivity contribution in [3.05, 3.63) is 194 Å². The quantitative estimate of drug-likeness (QED) is 0.168. The fourth-order valence-electron chi connectivity index (χ4n) is 10.0. The first kappa shape index (κ1) is 32.7. The van der Waals surface area contributed by atoms with Gasteiger partial charge < -0.3 is 9.30 Å². The van der Waals surface area contributed by atoms with Crippen molar-refractivity contribution < 1.29 is 4.74 Å². The third-order valence-electron chi connectivity index (χ3n) is 12.9. The van der Waals surface area contributed by atoms with Gasteiger partial charge in [-0.2, -0.15) is 0 Å². The number of hydrogen-bond acceptors (Lipinski definition) is 3. The van der Waals surface area contributed by atoms with Crippen molar-refractivity contribution in [2.75, 3.05) is 0 Å². The summed E-state index contributed by atoms with van der Waals surface area (Å²) in [5.74, 6) is 2.21. The molecule has 0 saturated heterocycles. The fraction of sp³-hybridized carbons (Fsp3) is 0. The molecule has 1 aliphatic heterocycles. The number of ether oxygens (including phenoxy) is 1. The Morgan fingerprint density at radius 2 is 1.02 bits per heavy atom. The summed E-state index contributed by atoms with van der Waals surface area (Å²) in [7, 11) is 0. The summed E-state index contributed by atoms with van der Waals surface area (Å²) in [6, 6.07) is 70.0. The van der Waals surface area contributed by atoms with Gasteiger partial charge in [0.15, 0.2) is 0 Å². The predicted octanol–water partition coefficient (Wildman–Crippen LogP) is 14.7. The number of fused-ring (bicyclic) bond motifs is 12. The summed E-state index contributed by atoms with van der Waals surface area (Å²) in [5, 5.41) is 13.1. The average molecular weight is 777 g/mol. The van der Waals surface area contributed by atoms with E-state index in [-0.39, 0.29) is 0 Å². The number of para-hydroxylation sites is 2. The molecule has 0 saturated carbocycles. The van der Waals surface area contributed by atoms with Crippen LogP contribution < -0.4 is 4.74 Å². The first-order valence-corrected chi connectivity index (χ1v) is 20.7. The lowest BCUT2D eigenvalue weighted by Crippen LogP contribution is -2.06. The van der Waals surface area contributed by atoms with Gasteiger partial charge in [0.1, 0.15) is 11.5 Å². The van der Waals surface area contributed by atoms with Gasteiger partial charge in [-0.15, -0.1) is 0 Å². The second-order valence-electron chi connectivity index (χ2n) is 16.2. The van der Waals surface area contributed by atoms with Crippen molar-refractivity contribution in [3.8, 4) is 45.5 Å². The van der Waals surface area contributed by atoms with Crippen LogP contribution in [0.25, 0.3) is 121 Å². The minimum absolute atomic E-state index is 0.633. The van der Waals surface area contributed by atoms with E-state index in [2.05, 4.69) is 173 Å². The lowest BCUT2D eigenvalue weighted by Gasteiger charge is -2.21. The van der Waals surface area contributed by atoms with Gasteiger partial charge in [0.25, 0.3) is 0 Å². The van der Waals surface area contributed by atoms with E-state index < -0.39 is 0 Å². The molecule has 0 spiro atoms. The average Bonchev–Trinajstić information content (AvgIpc) is 3.82. The van der Waals surface area contributed by atoms with Crippen molar-refractivity contribution in [3.63, 3.8) is 0 Å². The minimum Gasteiger partial charge on any atom is -0.456 e. The summed E-state index contributed by atoms with van der Waals surface area (Å²) in [6.45, 7) is 0. The van der Waals surface area contributed by atoms with Crippen molar-refractivity contribution in [1.29, 1.82) is 0 Å².